The number of hydrogen-bond acceptors (Lipinski definition) is 4. The minimum Gasteiger partial charge on any atom is -0.456 e. The lowest BCUT2D eigenvalue weighted by Crippen LogP contribution is -2.22. The first-order chi connectivity index (χ1) is 11.6. The van der Waals surface area contributed by atoms with Crippen LogP contribution in [0.1, 0.15) is 36.3 Å². The number of carbonyl (C=O) groups is 2. The first-order valence-corrected chi connectivity index (χ1v) is 9.10. The molecule has 0 aliphatic heterocycles. The quantitative estimate of drug-likeness (QED) is 0.736. The Labute approximate surface area is 146 Å². The molecule has 1 amide bonds. The van der Waals surface area contributed by atoms with E-state index in [-0.39, 0.29) is 18.5 Å². The maximum atomic E-state index is 12.1. The molecule has 0 radical (unpaired) electrons. The van der Waals surface area contributed by atoms with Gasteiger partial charge in [-0.2, -0.15) is 0 Å². The zero-order chi connectivity index (χ0) is 17.4. The predicted octanol–water partition coefficient (Wildman–Crippen LogP) is 3.99. The van der Waals surface area contributed by atoms with E-state index in [2.05, 4.69) is 19.2 Å². The Bertz CT molecular complexity index is 658. The van der Waals surface area contributed by atoms with E-state index >= 15 is 0 Å². The van der Waals surface area contributed by atoms with Crippen molar-refractivity contribution in [2.45, 2.75) is 39.5 Å². The third-order valence-corrected chi connectivity index (χ3v) is 4.72. The summed E-state index contributed by atoms with van der Waals surface area (Å²) in [5.41, 5.74) is 3.03. The Hall–Kier alpha value is -2.14. The monoisotopic (exact) mass is 345 g/mol. The van der Waals surface area contributed by atoms with Gasteiger partial charge in [0.25, 0.3) is 5.91 Å². The Balaban J connectivity index is 1.84. The zero-order valence-corrected chi connectivity index (χ0v) is 14.9. The van der Waals surface area contributed by atoms with Crippen LogP contribution in [0.3, 0.4) is 0 Å². The summed E-state index contributed by atoms with van der Waals surface area (Å²) in [6, 6.07) is 9.94. The maximum Gasteiger partial charge on any atom is 0.306 e. The van der Waals surface area contributed by atoms with Crippen molar-refractivity contribution in [3.8, 4) is 0 Å². The summed E-state index contributed by atoms with van der Waals surface area (Å²) in [6.45, 7) is 3.86. The summed E-state index contributed by atoms with van der Waals surface area (Å²) in [6.07, 6.45) is 2.62. The maximum absolute atomic E-state index is 12.1. The molecule has 0 saturated heterocycles. The van der Waals surface area contributed by atoms with Gasteiger partial charge in [0.05, 0.1) is 6.42 Å². The van der Waals surface area contributed by atoms with E-state index in [4.69, 9.17) is 4.74 Å². The SMILES string of the molecule is CCc1cccc(CC)c1NC(=O)COC(=O)CCc1cccs1. The molecule has 0 spiro atoms. The van der Waals surface area contributed by atoms with Crippen LogP contribution in [0.25, 0.3) is 0 Å². The highest BCUT2D eigenvalue weighted by molar-refractivity contribution is 7.09. The van der Waals surface area contributed by atoms with Crippen molar-refractivity contribution in [2.24, 2.45) is 0 Å². The average Bonchev–Trinajstić information content (AvgIpc) is 3.11. The van der Waals surface area contributed by atoms with Crippen molar-refractivity contribution in [3.63, 3.8) is 0 Å². The van der Waals surface area contributed by atoms with E-state index in [0.29, 0.717) is 12.8 Å². The van der Waals surface area contributed by atoms with Crippen LogP contribution in [-0.2, 0) is 33.6 Å². The molecular weight excluding hydrogens is 322 g/mol. The van der Waals surface area contributed by atoms with Crippen molar-refractivity contribution in [1.29, 1.82) is 0 Å². The van der Waals surface area contributed by atoms with Gasteiger partial charge in [-0.25, -0.2) is 0 Å². The van der Waals surface area contributed by atoms with Gasteiger partial charge in [-0.1, -0.05) is 38.1 Å². The van der Waals surface area contributed by atoms with Crippen LogP contribution < -0.4 is 5.32 Å². The lowest BCUT2D eigenvalue weighted by Gasteiger charge is -2.14. The standard InChI is InChI=1S/C19H23NO3S/c1-3-14-7-5-8-15(4-2)19(14)20-17(21)13-23-18(22)11-10-16-9-6-12-24-16/h5-9,12H,3-4,10-11,13H2,1-2H3,(H,20,21). The molecule has 1 N–H and O–H groups in total. The molecule has 0 aliphatic rings. The highest BCUT2D eigenvalue weighted by Crippen LogP contribution is 2.22. The van der Waals surface area contributed by atoms with Crippen molar-refractivity contribution in [1.82, 2.24) is 0 Å². The lowest BCUT2D eigenvalue weighted by molar-refractivity contribution is -0.147. The molecule has 2 rings (SSSR count). The number of thiophene rings is 1. The minimum absolute atomic E-state index is 0.246. The number of rotatable bonds is 8. The number of benzene rings is 1. The molecule has 1 aromatic carbocycles. The third-order valence-electron chi connectivity index (χ3n) is 3.78. The first kappa shape index (κ1) is 18.2. The molecule has 5 heteroatoms. The summed E-state index contributed by atoms with van der Waals surface area (Å²) in [7, 11) is 0. The number of para-hydroxylation sites is 1. The number of hydrogen-bond donors (Lipinski definition) is 1. The molecular formula is C19H23NO3S. The smallest absolute Gasteiger partial charge is 0.306 e. The fourth-order valence-corrected chi connectivity index (χ4v) is 3.19. The number of anilines is 1. The molecule has 0 unspecified atom stereocenters. The van der Waals surface area contributed by atoms with E-state index < -0.39 is 0 Å². The van der Waals surface area contributed by atoms with Crippen molar-refractivity contribution < 1.29 is 14.3 Å². The largest absolute Gasteiger partial charge is 0.456 e. The molecule has 2 aromatic rings. The van der Waals surface area contributed by atoms with Crippen LogP contribution in [0.4, 0.5) is 5.69 Å². The Morgan fingerprint density at radius 2 is 1.79 bits per heavy atom. The van der Waals surface area contributed by atoms with Gasteiger partial charge in [-0.15, -0.1) is 11.3 Å². The van der Waals surface area contributed by atoms with Gasteiger partial charge >= 0.3 is 5.97 Å². The number of esters is 1. The number of ether oxygens (including phenoxy) is 1. The fraction of sp³-hybridized carbons (Fsp3) is 0.368. The van der Waals surface area contributed by atoms with Crippen LogP contribution in [0.5, 0.6) is 0 Å². The molecule has 1 aromatic heterocycles. The van der Waals surface area contributed by atoms with Crippen molar-refractivity contribution in [2.75, 3.05) is 11.9 Å². The molecule has 24 heavy (non-hydrogen) atoms. The van der Waals surface area contributed by atoms with Gasteiger partial charge < -0.3 is 10.1 Å². The molecule has 1 heterocycles. The van der Waals surface area contributed by atoms with Crippen LogP contribution >= 0.6 is 11.3 Å². The summed E-state index contributed by atoms with van der Waals surface area (Å²) in [5.74, 6) is -0.645. The zero-order valence-electron chi connectivity index (χ0n) is 14.1. The van der Waals surface area contributed by atoms with Crippen LogP contribution in [-0.4, -0.2) is 18.5 Å². The van der Waals surface area contributed by atoms with E-state index in [1.807, 2.05) is 35.7 Å². The highest BCUT2D eigenvalue weighted by Gasteiger charge is 2.12. The van der Waals surface area contributed by atoms with Crippen molar-refractivity contribution in [3.05, 3.63) is 51.7 Å². The first-order valence-electron chi connectivity index (χ1n) is 8.22. The number of aryl methyl sites for hydroxylation is 3. The molecule has 4 nitrogen and oxygen atoms in total. The molecule has 0 atom stereocenters. The Kier molecular flexibility index (Phi) is 7.00. The molecule has 0 bridgehead atoms. The topological polar surface area (TPSA) is 55.4 Å². The Morgan fingerprint density at radius 3 is 2.38 bits per heavy atom. The van der Waals surface area contributed by atoms with Gasteiger partial charge in [0.2, 0.25) is 0 Å². The average molecular weight is 345 g/mol. The van der Waals surface area contributed by atoms with E-state index in [1.165, 1.54) is 0 Å². The fourth-order valence-electron chi connectivity index (χ4n) is 2.48. The second-order valence-electron chi connectivity index (χ2n) is 5.45. The normalized spacial score (nSPS) is 10.4. The number of carbonyl (C=O) groups excluding carboxylic acids is 2. The van der Waals surface area contributed by atoms with Crippen molar-refractivity contribution >= 4 is 28.9 Å². The van der Waals surface area contributed by atoms with E-state index in [1.54, 1.807) is 11.3 Å². The summed E-state index contributed by atoms with van der Waals surface area (Å²) < 4.78 is 5.07. The molecule has 0 aliphatic carbocycles. The highest BCUT2D eigenvalue weighted by atomic mass is 32.1. The predicted molar refractivity (Wildman–Crippen MR) is 97.4 cm³/mol. The second-order valence-corrected chi connectivity index (χ2v) is 6.48. The number of amides is 1. The summed E-state index contributed by atoms with van der Waals surface area (Å²) in [5, 5.41) is 4.87. The second kappa shape index (κ2) is 9.23. The van der Waals surface area contributed by atoms with Gasteiger partial charge in [-0.05, 0) is 41.8 Å². The number of nitrogens with one attached hydrogen (secondary N) is 1. The van der Waals surface area contributed by atoms with E-state index in [0.717, 1.165) is 34.5 Å². The van der Waals surface area contributed by atoms with Gasteiger partial charge in [-0.3, -0.25) is 9.59 Å². The third kappa shape index (κ3) is 5.20. The molecule has 0 saturated carbocycles. The lowest BCUT2D eigenvalue weighted by atomic mass is 10.0. The van der Waals surface area contributed by atoms with Crippen LogP contribution in [0, 0.1) is 0 Å². The van der Waals surface area contributed by atoms with Crippen LogP contribution in [0.2, 0.25) is 0 Å². The van der Waals surface area contributed by atoms with E-state index in [9.17, 15) is 9.59 Å². The molecule has 0 fully saturated rings. The summed E-state index contributed by atoms with van der Waals surface area (Å²) >= 11 is 1.61. The summed E-state index contributed by atoms with van der Waals surface area (Å²) in [4.78, 5) is 25.0. The van der Waals surface area contributed by atoms with Gasteiger partial charge in [0.15, 0.2) is 6.61 Å². The Morgan fingerprint density at radius 1 is 1.08 bits per heavy atom. The minimum atomic E-state index is -0.349. The van der Waals surface area contributed by atoms with Gasteiger partial charge in [0, 0.05) is 10.6 Å². The molecule has 128 valence electrons. The van der Waals surface area contributed by atoms with Crippen LogP contribution in [0.15, 0.2) is 35.7 Å². The van der Waals surface area contributed by atoms with Gasteiger partial charge in [0.1, 0.15) is 0 Å².